The molecule has 1 heterocycles. The van der Waals surface area contributed by atoms with E-state index in [-0.39, 0.29) is 127 Å². The monoisotopic (exact) mass is 2530 g/mol. The molecule has 0 spiro atoms. The van der Waals surface area contributed by atoms with E-state index in [4.69, 9.17) is 99.6 Å². The van der Waals surface area contributed by atoms with Gasteiger partial charge in [-0.1, -0.05) is 175 Å². The van der Waals surface area contributed by atoms with Gasteiger partial charge in [-0.25, -0.2) is 4.39 Å². The van der Waals surface area contributed by atoms with Crippen LogP contribution >= 0.6 is 154 Å². The number of amides is 5. The number of nitrogens with one attached hydrogen (secondary N) is 12. The van der Waals surface area contributed by atoms with Crippen molar-refractivity contribution in [1.82, 2.24) is 36.6 Å². The van der Waals surface area contributed by atoms with Crippen molar-refractivity contribution in [3.05, 3.63) is 344 Å². The van der Waals surface area contributed by atoms with Gasteiger partial charge in [0, 0.05) is 101 Å². The van der Waals surface area contributed by atoms with Crippen molar-refractivity contribution >= 4 is 275 Å². The second-order valence-corrected chi connectivity index (χ2v) is 43.9. The average molecular weight is 2530 g/mol. The van der Waals surface area contributed by atoms with Gasteiger partial charge in [-0.15, -0.1) is 0 Å². The van der Waals surface area contributed by atoms with Crippen LogP contribution in [0.15, 0.2) is 233 Å². The second kappa shape index (κ2) is 60.4. The normalized spacial score (nSPS) is 10.5. The summed E-state index contributed by atoms with van der Waals surface area (Å²) in [6, 6.07) is 60.4. The molecule has 0 atom stereocenters. The Hall–Kier alpha value is -9.52. The Morgan fingerprint density at radius 2 is 0.735 bits per heavy atom. The summed E-state index contributed by atoms with van der Waals surface area (Å²) >= 11 is 30.2. The van der Waals surface area contributed by atoms with Crippen LogP contribution in [-0.4, -0.2) is 140 Å². The molecular weight excluding hydrogens is 2440 g/mol. The summed E-state index contributed by atoms with van der Waals surface area (Å²) in [4.78, 5) is 71.0. The number of nitriles is 1. The number of hydrogen-bond acceptors (Lipinski definition) is 20. The Balaban J connectivity index is 0.000000251. The molecule has 0 saturated carbocycles. The fraction of sp³-hybridized carbons (Fsp3) is 0.167. The van der Waals surface area contributed by atoms with Gasteiger partial charge < -0.3 is 48.9 Å². The predicted octanol–water partition coefficient (Wildman–Crippen LogP) is 17.2. The van der Waals surface area contributed by atoms with Crippen LogP contribution in [0.3, 0.4) is 0 Å². The van der Waals surface area contributed by atoms with Crippen LogP contribution in [0.4, 0.5) is 17.6 Å². The summed E-state index contributed by atoms with van der Waals surface area (Å²) in [7, 11) is 1.58. The van der Waals surface area contributed by atoms with Crippen LogP contribution in [-0.2, 0) is 76.1 Å². The molecule has 5 amide bonds. The zero-order valence-electron chi connectivity index (χ0n) is 71.7. The van der Waals surface area contributed by atoms with Crippen LogP contribution in [0.25, 0.3) is 11.0 Å². The molecule has 11 aromatic rings. The van der Waals surface area contributed by atoms with Gasteiger partial charge in [0.25, 0.3) is 23.6 Å². The summed E-state index contributed by atoms with van der Waals surface area (Å²) in [5.74, 6) is 0.184. The number of carbonyl (C=O) groups excluding carboxylic acids is 5. The third-order valence-electron chi connectivity index (χ3n) is 17.6. The molecule has 0 radical (unpaired) electrons. The van der Waals surface area contributed by atoms with Crippen molar-refractivity contribution in [2.45, 2.75) is 71.3 Å². The number of ether oxygens (including phenoxy) is 1. The second-order valence-electron chi connectivity index (χ2n) is 27.5. The SMILES string of the molecule is COCCNC(=O)c1ccc(Br)cc1CSC(=N)N.N#Cc1ccc(CNC(=O)c2ccc(Br)cc2C[Se]C(=N)N)cc1.N=C(N)SCc1cc(Br)ccc1C(=O)NCc1ccc(C(F)(F)F)cc1.N=C(N)SCc1cc(Br)ccc1C(=O)NCc1ccc(F)c(Cl)c1.N=C(N)SCc1ccc(Br)cc1C(=O)NCc1ccc(Br)cc1.N=C(N)[Se]Cc1nc2ccccc2nc1C[Se]C(=N)N. The minimum absolute atomic E-state index is 0.0118. The summed E-state index contributed by atoms with van der Waals surface area (Å²) in [6.07, 6.45) is -4.39. The van der Waals surface area contributed by atoms with E-state index in [0.717, 1.165) is 118 Å². The summed E-state index contributed by atoms with van der Waals surface area (Å²) in [5, 5.41) is 75.9. The van der Waals surface area contributed by atoms with Gasteiger partial charge in [0.2, 0.25) is 0 Å². The first-order valence-corrected chi connectivity index (χ1v) is 54.5. The topological polar surface area (TPSA) is 553 Å². The molecule has 46 heteroatoms. The number of halogens is 11. The van der Waals surface area contributed by atoms with Gasteiger partial charge in [-0.2, -0.15) is 13.2 Å². The molecule has 0 fully saturated rings. The number of para-hydroxylation sites is 2. The van der Waals surface area contributed by atoms with Gasteiger partial charge in [0.05, 0.1) is 17.2 Å². The summed E-state index contributed by atoms with van der Waals surface area (Å²) in [5.41, 5.74) is 50.9. The molecule has 0 saturated heterocycles. The number of amidine groups is 7. The summed E-state index contributed by atoms with van der Waals surface area (Å²) < 4.78 is 61.5. The van der Waals surface area contributed by atoms with E-state index in [2.05, 4.69) is 138 Å². The molecule has 0 aliphatic carbocycles. The van der Waals surface area contributed by atoms with Crippen molar-refractivity contribution in [3.8, 4) is 6.07 Å². The fourth-order valence-corrected chi connectivity index (χ4v) is 19.1. The molecule has 0 aliphatic heterocycles. The molecule has 11 rings (SSSR count). The molecule has 1 aromatic heterocycles. The number of nitrogens with zero attached hydrogens (tertiary/aromatic N) is 3. The van der Waals surface area contributed by atoms with Crippen LogP contribution in [0.5, 0.6) is 0 Å². The Kier molecular flexibility index (Phi) is 51.1. The average Bonchev–Trinajstić information content (AvgIpc) is 0.815. The molecule has 26 N–H and O–H groups in total. The van der Waals surface area contributed by atoms with Crippen LogP contribution in [0.2, 0.25) is 5.02 Å². The zero-order valence-corrected chi connectivity index (χ0v) is 90.3. The molecule has 28 nitrogen and oxygen atoms in total. The molecule has 0 aliphatic rings. The zero-order chi connectivity index (χ0) is 100. The van der Waals surface area contributed by atoms with Gasteiger partial charge in [0.15, 0.2) is 20.7 Å². The number of carbonyl (C=O) groups is 5. The molecule has 714 valence electrons. The first-order valence-electron chi connectivity index (χ1n) is 39.3. The Morgan fingerprint density at radius 1 is 0.412 bits per heavy atom. The number of aromatic nitrogens is 2. The molecule has 0 unspecified atom stereocenters. The number of hydrogen-bond donors (Lipinski definition) is 19. The number of thioether (sulfide) groups is 4. The number of nitrogens with two attached hydrogens (primary N) is 7. The van der Waals surface area contributed by atoms with Crippen LogP contribution in [0.1, 0.15) is 124 Å². The van der Waals surface area contributed by atoms with Gasteiger partial charge in [0.1, 0.15) is 5.82 Å². The maximum atomic E-state index is 13.1. The van der Waals surface area contributed by atoms with Crippen molar-refractivity contribution in [2.24, 2.45) is 40.1 Å². The molecular formula is C90H89Br6ClF4N22O6S4Se3. The van der Waals surface area contributed by atoms with Crippen molar-refractivity contribution in [2.75, 3.05) is 20.3 Å². The van der Waals surface area contributed by atoms with E-state index < -0.39 is 17.6 Å². The van der Waals surface area contributed by atoms with E-state index in [9.17, 15) is 41.5 Å². The van der Waals surface area contributed by atoms with Crippen molar-refractivity contribution in [1.29, 1.82) is 43.1 Å². The molecule has 136 heavy (non-hydrogen) atoms. The first kappa shape index (κ1) is 115. The number of benzene rings is 10. The maximum absolute atomic E-state index is 13.1. The van der Waals surface area contributed by atoms with E-state index in [1.807, 2.05) is 103 Å². The first-order chi connectivity index (χ1) is 64.6. The van der Waals surface area contributed by atoms with Gasteiger partial charge >= 0.3 is 290 Å². The summed E-state index contributed by atoms with van der Waals surface area (Å²) in [6.45, 7) is 2.11. The van der Waals surface area contributed by atoms with Crippen LogP contribution < -0.4 is 66.7 Å². The Bertz CT molecular complexity index is 6090. The fourth-order valence-electron chi connectivity index (χ4n) is 11.1. The van der Waals surface area contributed by atoms with E-state index in [0.29, 0.717) is 115 Å². The Labute approximate surface area is 873 Å². The number of fused-ring (bicyclic) bond motifs is 1. The third kappa shape index (κ3) is 43.3. The molecule has 10 aromatic carbocycles. The number of rotatable bonds is 33. The van der Waals surface area contributed by atoms with Crippen LogP contribution in [0, 0.1) is 55.0 Å². The van der Waals surface area contributed by atoms with E-state index in [1.54, 1.807) is 73.8 Å². The Morgan fingerprint density at radius 3 is 1.11 bits per heavy atom. The van der Waals surface area contributed by atoms with Crippen molar-refractivity contribution in [3.63, 3.8) is 0 Å². The van der Waals surface area contributed by atoms with Gasteiger partial charge in [-0.05, 0) is 142 Å². The van der Waals surface area contributed by atoms with E-state index in [1.165, 1.54) is 47.8 Å². The minimum atomic E-state index is -4.39. The van der Waals surface area contributed by atoms with E-state index >= 15 is 0 Å². The third-order valence-corrected chi connectivity index (χ3v) is 28.6. The van der Waals surface area contributed by atoms with Gasteiger partial charge in [-0.3, -0.25) is 40.8 Å². The predicted molar refractivity (Wildman–Crippen MR) is 564 cm³/mol. The number of alkyl halides is 3. The molecule has 0 bridgehead atoms. The van der Waals surface area contributed by atoms with Crippen molar-refractivity contribution < 1.29 is 46.3 Å². The quantitative estimate of drug-likeness (QED) is 0.00597. The standard InChI is InChI=1S/C17H15BrF3N3OS.C17H15BrN4OSe.C16H15Br2N3OS.C16H14BrClFN3OS.C12H16BrN3O2S.C12H14N6Se2/c18-13-5-6-14(11(7-13)9-26-16(22)23)15(25)24-8-10-1-3-12(4-2-10)17(19,20)21;18-14-5-6-15(13(7-14)10-24-17(20)21)16(23)22-9-12-3-1-11(8-19)2-4-12;17-12-4-1-10(2-5-12)8-21-15(22)14-7-13(18)6-3-11(14)9-23-16(19)20;17-11-2-3-12(10(6-11)8-24-16(20)21)15(23)22-7-9-1-4-14(19)13(18)5-9;1-18-5-4-16-11(17)10-3-2-9(13)6-8(10)7-19-12(14)15;13-11(14)19-5-9-10(6-20-12(15)16)18-8-4-2-1-3-7(8)17-9/h1-7H,8-9H2,(H3,22,23)(H,24,25);1-7H,9-10H2,(H3,20,21)(H,22,23);1-7H,8-9H2,(H3,19,20)(H,21,22);1-6H,7-8H2,(H3,20,21)(H,22,23);2-3,6H,4-5,7H2,1H3,(H3,14,15)(H,16,17);1-4H,5-6H2,(H3,13,14)(H3,15,16). The number of methoxy groups -OCH3 is 1.